The predicted octanol–water partition coefficient (Wildman–Crippen LogP) is -11.2. The molecule has 0 atom stereocenters. The number of hydrogen-bond acceptors (Lipinski definition) is 4. The largest absolute Gasteiger partial charge is 1.00 e. The maximum absolute atomic E-state index is 10.7. The van der Waals surface area contributed by atoms with Crippen LogP contribution in [0.15, 0.2) is 0 Å². The summed E-state index contributed by atoms with van der Waals surface area (Å²) in [5.41, 5.74) is 5.01. The van der Waals surface area contributed by atoms with Gasteiger partial charge in [0.2, 0.25) is 0 Å². The molecule has 0 radical (unpaired) electrons. The van der Waals surface area contributed by atoms with E-state index in [2.05, 4.69) is 0 Å². The average molecular weight is 419 g/mol. The molecular formula is C4H25K2NO12P2. The van der Waals surface area contributed by atoms with Gasteiger partial charge in [0, 0.05) is 6.42 Å². The molecule has 0 heterocycles. The summed E-state index contributed by atoms with van der Waals surface area (Å²) in [6.45, 7) is -0.0394. The molecule has 0 amide bonds. The molecule has 0 saturated heterocycles. The summed E-state index contributed by atoms with van der Waals surface area (Å²) < 4.78 is 21.4. The summed E-state index contributed by atoms with van der Waals surface area (Å²) in [6, 6.07) is 0. The Balaban J connectivity index is -0.0000000235. The van der Waals surface area contributed by atoms with Crippen LogP contribution in [-0.4, -0.2) is 63.7 Å². The van der Waals surface area contributed by atoms with Crippen molar-refractivity contribution < 1.29 is 167 Å². The van der Waals surface area contributed by atoms with Gasteiger partial charge in [-0.1, -0.05) is 0 Å². The van der Waals surface area contributed by atoms with Crippen molar-refractivity contribution >= 4 is 15.2 Å². The van der Waals surface area contributed by atoms with Crippen molar-refractivity contribution in [3.63, 3.8) is 0 Å². The molecule has 0 fully saturated rings. The van der Waals surface area contributed by atoms with Crippen LogP contribution < -0.4 is 109 Å². The third-order valence-electron chi connectivity index (χ3n) is 1.65. The van der Waals surface area contributed by atoms with E-state index in [1.165, 1.54) is 0 Å². The van der Waals surface area contributed by atoms with Crippen LogP contribution in [0.4, 0.5) is 0 Å². The molecule has 0 aliphatic carbocycles. The minimum Gasteiger partial charge on any atom is -1.00 e. The zero-order chi connectivity index (χ0) is 11.6. The maximum Gasteiger partial charge on any atom is 1.00 e. The second-order valence-electron chi connectivity index (χ2n) is 2.75. The van der Waals surface area contributed by atoms with Crippen molar-refractivity contribution in [3.05, 3.63) is 0 Å². The molecule has 0 aliphatic heterocycles. The van der Waals surface area contributed by atoms with Gasteiger partial charge >= 0.3 is 118 Å². The van der Waals surface area contributed by atoms with Crippen molar-refractivity contribution in [1.29, 1.82) is 0 Å². The number of aliphatic hydroxyl groups is 1. The van der Waals surface area contributed by atoms with E-state index < -0.39 is 26.7 Å². The summed E-state index contributed by atoms with van der Waals surface area (Å²) in [5.74, 6) is 0. The van der Waals surface area contributed by atoms with Crippen LogP contribution in [-0.2, 0) is 9.13 Å². The van der Waals surface area contributed by atoms with Crippen molar-refractivity contribution in [2.75, 3.05) is 6.54 Å². The second kappa shape index (κ2) is 19.6. The molecule has 130 valence electrons. The summed E-state index contributed by atoms with van der Waals surface area (Å²) >= 11 is 0. The Morgan fingerprint density at radius 3 is 1.24 bits per heavy atom. The molecule has 0 aromatic carbocycles. The summed E-state index contributed by atoms with van der Waals surface area (Å²) in [6.07, 6.45) is -0.856. The van der Waals surface area contributed by atoms with Gasteiger partial charge in [0.1, 0.15) is 0 Å². The molecule has 0 spiro atoms. The zero-order valence-electron chi connectivity index (χ0n) is 13.6. The maximum atomic E-state index is 10.7. The molecule has 0 aromatic heterocycles. The molecular weight excluding hydrogens is 394 g/mol. The van der Waals surface area contributed by atoms with E-state index in [1.54, 1.807) is 0 Å². The zero-order valence-corrected chi connectivity index (χ0v) is 19.7. The monoisotopic (exact) mass is 419 g/mol. The first-order valence-electron chi connectivity index (χ1n) is 3.60. The second-order valence-corrected chi connectivity index (χ2v) is 6.76. The van der Waals surface area contributed by atoms with E-state index in [-0.39, 0.29) is 146 Å². The fourth-order valence-electron chi connectivity index (χ4n) is 0.800. The first-order chi connectivity index (χ1) is 6.06. The summed E-state index contributed by atoms with van der Waals surface area (Å²) in [5, 5.41) is 5.91. The summed E-state index contributed by atoms with van der Waals surface area (Å²) in [4.78, 5) is 34.5. The van der Waals surface area contributed by atoms with Crippen molar-refractivity contribution in [2.45, 2.75) is 17.9 Å². The average Bonchev–Trinajstić information content (AvgIpc) is 1.95. The number of nitrogens with two attached hydrogens (primary N) is 1. The Bertz CT molecular complexity index is 281. The smallest absolute Gasteiger partial charge is 1.00 e. The van der Waals surface area contributed by atoms with Crippen LogP contribution >= 0.6 is 15.2 Å². The van der Waals surface area contributed by atoms with Gasteiger partial charge in [-0.2, -0.15) is 0 Å². The molecule has 17 heteroatoms. The molecule has 0 bridgehead atoms. The topological polar surface area (TPSA) is 319 Å². The fraction of sp³-hybridized carbons (Fsp3) is 1.00. The van der Waals surface area contributed by atoms with Crippen molar-refractivity contribution in [2.24, 2.45) is 5.73 Å². The van der Waals surface area contributed by atoms with Crippen LogP contribution in [0.5, 0.6) is 0 Å². The van der Waals surface area contributed by atoms with Crippen molar-refractivity contribution in [3.8, 4) is 0 Å². The Morgan fingerprint density at radius 2 is 1.10 bits per heavy atom. The standard InChI is InChI=1S/C4H13NO7P2.2K.5H2O.2H/c5-3-1-2-4(6,13(7,8)9)14(10,11)12;;;;;;;;;/h6H,1-3,5H2,(H2,7,8,9)(H2,10,11,12);;;5*1H2;;/q;2*+1;;;;;;2*-1. The van der Waals surface area contributed by atoms with Gasteiger partial charge in [-0.15, -0.1) is 0 Å². The molecule has 0 unspecified atom stereocenters. The normalized spacial score (nSPS) is 9.62. The van der Waals surface area contributed by atoms with Gasteiger partial charge in [0.05, 0.1) is 0 Å². The van der Waals surface area contributed by atoms with Gasteiger partial charge in [0.15, 0.2) is 0 Å². The third-order valence-corrected chi connectivity index (χ3v) is 5.53. The molecule has 0 aromatic rings. The summed E-state index contributed by atoms with van der Waals surface area (Å²) in [7, 11) is -10.6. The minimum atomic E-state index is -5.30. The quantitative estimate of drug-likeness (QED) is 0.183. The SMILES string of the molecule is NCCCC(O)(P(=O)(O)O)P(=O)(O)O.O.O.O.O.O.[H-].[H-].[K+].[K+]. The Kier molecular flexibility index (Phi) is 46.4. The molecule has 13 nitrogen and oxygen atoms in total. The van der Waals surface area contributed by atoms with E-state index in [0.29, 0.717) is 0 Å². The van der Waals surface area contributed by atoms with E-state index in [4.69, 9.17) is 25.3 Å². The van der Waals surface area contributed by atoms with Gasteiger partial charge in [-0.25, -0.2) is 0 Å². The molecule has 21 heavy (non-hydrogen) atoms. The van der Waals surface area contributed by atoms with Gasteiger partial charge in [0.25, 0.3) is 5.08 Å². The molecule has 0 saturated carbocycles. The number of rotatable bonds is 5. The first kappa shape index (κ1) is 49.7. The van der Waals surface area contributed by atoms with E-state index in [0.717, 1.165) is 0 Å². The Morgan fingerprint density at radius 1 is 0.857 bits per heavy atom. The Hall–Kier alpha value is 3.29. The third kappa shape index (κ3) is 15.3. The van der Waals surface area contributed by atoms with Gasteiger partial charge in [-0.3, -0.25) is 9.13 Å². The minimum absolute atomic E-state index is 0. The number of hydrogen-bond donors (Lipinski definition) is 6. The van der Waals surface area contributed by atoms with E-state index in [9.17, 15) is 14.2 Å². The fourth-order valence-corrected chi connectivity index (χ4v) is 3.06. The van der Waals surface area contributed by atoms with E-state index in [1.807, 2.05) is 0 Å². The molecule has 0 aliphatic rings. The molecule has 0 rings (SSSR count). The van der Waals surface area contributed by atoms with Gasteiger partial charge in [-0.05, 0) is 13.0 Å². The van der Waals surface area contributed by atoms with Crippen LogP contribution in [0.2, 0.25) is 0 Å². The van der Waals surface area contributed by atoms with Crippen LogP contribution in [0.1, 0.15) is 15.7 Å². The van der Waals surface area contributed by atoms with Gasteiger partial charge < -0.3 is 60.6 Å². The van der Waals surface area contributed by atoms with Crippen LogP contribution in [0.25, 0.3) is 0 Å². The molecule has 17 N–H and O–H groups in total. The van der Waals surface area contributed by atoms with E-state index >= 15 is 0 Å². The predicted molar refractivity (Wildman–Crippen MR) is 67.6 cm³/mol. The van der Waals surface area contributed by atoms with Crippen LogP contribution in [0.3, 0.4) is 0 Å². The first-order valence-corrected chi connectivity index (χ1v) is 6.82. The van der Waals surface area contributed by atoms with Crippen LogP contribution in [0, 0.1) is 0 Å². The van der Waals surface area contributed by atoms with Crippen molar-refractivity contribution in [1.82, 2.24) is 0 Å². The Labute approximate surface area is 208 Å².